The molecule has 9 heteroatoms. The van der Waals surface area contributed by atoms with Gasteiger partial charge in [-0.2, -0.15) is 20.1 Å². The van der Waals surface area contributed by atoms with Crippen molar-refractivity contribution in [3.8, 4) is 5.95 Å². The van der Waals surface area contributed by atoms with Crippen LogP contribution in [0.4, 0.5) is 5.95 Å². The first-order valence-electron chi connectivity index (χ1n) is 5.71. The van der Waals surface area contributed by atoms with Crippen molar-refractivity contribution in [3.05, 3.63) is 48.0 Å². The van der Waals surface area contributed by atoms with Crippen molar-refractivity contribution >= 4 is 17.5 Å². The van der Waals surface area contributed by atoms with Gasteiger partial charge < -0.3 is 5.32 Å². The molecule has 0 radical (unpaired) electrons. The zero-order chi connectivity index (χ0) is 13.8. The molecule has 1 N–H and O–H groups in total. The summed E-state index contributed by atoms with van der Waals surface area (Å²) in [6.45, 7) is 0.460. The van der Waals surface area contributed by atoms with Crippen LogP contribution < -0.4 is 5.32 Å². The van der Waals surface area contributed by atoms with Gasteiger partial charge in [-0.3, -0.25) is 0 Å². The Balaban J connectivity index is 1.80. The molecular weight excluding hydrogens is 280 g/mol. The third-order valence-electron chi connectivity index (χ3n) is 2.38. The van der Waals surface area contributed by atoms with Gasteiger partial charge in [0.25, 0.3) is 5.95 Å². The van der Waals surface area contributed by atoms with Crippen molar-refractivity contribution in [2.75, 3.05) is 5.32 Å². The molecule has 100 valence electrons. The van der Waals surface area contributed by atoms with Gasteiger partial charge >= 0.3 is 0 Å². The monoisotopic (exact) mass is 288 g/mol. The molecule has 0 aliphatic heterocycles. The number of halogens is 1. The predicted molar refractivity (Wildman–Crippen MR) is 71.3 cm³/mol. The summed E-state index contributed by atoms with van der Waals surface area (Å²) in [5.74, 6) is 0.703. The Morgan fingerprint density at radius 1 is 1.20 bits per heavy atom. The minimum atomic E-state index is 0.0932. The normalized spacial score (nSPS) is 10.4. The van der Waals surface area contributed by atoms with Crippen LogP contribution in [0, 0.1) is 0 Å². The van der Waals surface area contributed by atoms with Crippen molar-refractivity contribution in [1.29, 1.82) is 0 Å². The molecule has 3 rings (SSSR count). The molecule has 0 aromatic carbocycles. The first kappa shape index (κ1) is 12.4. The molecule has 0 saturated carbocycles. The maximum absolute atomic E-state index is 5.88. The second-order valence-corrected chi connectivity index (χ2v) is 4.07. The number of nitrogens with one attached hydrogen (secondary N) is 1. The number of rotatable bonds is 4. The molecule has 0 spiro atoms. The highest BCUT2D eigenvalue weighted by Gasteiger charge is 2.07. The molecule has 0 aliphatic carbocycles. The van der Waals surface area contributed by atoms with Gasteiger partial charge in [-0.1, -0.05) is 0 Å². The molecule has 0 saturated heterocycles. The van der Waals surface area contributed by atoms with Crippen molar-refractivity contribution in [1.82, 2.24) is 34.7 Å². The minimum Gasteiger partial charge on any atom is -0.348 e. The Bertz CT molecular complexity index is 685. The van der Waals surface area contributed by atoms with Gasteiger partial charge in [-0.25, -0.2) is 14.6 Å². The number of aromatic nitrogens is 7. The lowest BCUT2D eigenvalue weighted by atomic mass is 10.4. The molecule has 20 heavy (non-hydrogen) atoms. The summed E-state index contributed by atoms with van der Waals surface area (Å²) in [6.07, 6.45) is 6.50. The summed E-state index contributed by atoms with van der Waals surface area (Å²) in [4.78, 5) is 20.2. The molecular formula is C11H9ClN8. The first-order valence-corrected chi connectivity index (χ1v) is 6.09. The first-order chi connectivity index (χ1) is 9.81. The Labute approximate surface area is 118 Å². The highest BCUT2D eigenvalue weighted by Crippen LogP contribution is 2.09. The molecule has 0 atom stereocenters. The smallest absolute Gasteiger partial charge is 0.256 e. The zero-order valence-electron chi connectivity index (χ0n) is 10.2. The maximum Gasteiger partial charge on any atom is 0.256 e. The highest BCUT2D eigenvalue weighted by molar-refractivity contribution is 6.28. The second-order valence-electron chi connectivity index (χ2n) is 3.73. The van der Waals surface area contributed by atoms with Gasteiger partial charge in [-0.05, 0) is 23.7 Å². The predicted octanol–water partition coefficient (Wildman–Crippen LogP) is 1.11. The summed E-state index contributed by atoms with van der Waals surface area (Å²) in [5, 5.41) is 7.16. The SMILES string of the molecule is Clc1nc(NCc2ccncn2)nc(-n2cccn2)n1. The van der Waals surface area contributed by atoms with Gasteiger partial charge in [-0.15, -0.1) is 0 Å². The molecule has 3 heterocycles. The van der Waals surface area contributed by atoms with Gasteiger partial charge in [0, 0.05) is 18.6 Å². The van der Waals surface area contributed by atoms with E-state index >= 15 is 0 Å². The van der Waals surface area contributed by atoms with Gasteiger partial charge in [0.15, 0.2) is 0 Å². The van der Waals surface area contributed by atoms with Crippen LogP contribution in [-0.2, 0) is 6.54 Å². The van der Waals surface area contributed by atoms with Gasteiger partial charge in [0.1, 0.15) is 6.33 Å². The summed E-state index contributed by atoms with van der Waals surface area (Å²) >= 11 is 5.88. The van der Waals surface area contributed by atoms with Crippen molar-refractivity contribution in [2.24, 2.45) is 0 Å². The standard InChI is InChI=1S/C11H9ClN8/c12-9-17-10(14-6-8-2-4-13-7-15-8)19-11(18-9)20-5-1-3-16-20/h1-5,7H,6H2,(H,14,17,18,19). The maximum atomic E-state index is 5.88. The lowest BCUT2D eigenvalue weighted by Crippen LogP contribution is -2.10. The van der Waals surface area contributed by atoms with E-state index in [9.17, 15) is 0 Å². The topological polar surface area (TPSA) is 94.3 Å². The van der Waals surface area contributed by atoms with Crippen LogP contribution in [0.15, 0.2) is 37.1 Å². The molecule has 0 amide bonds. The molecule has 0 aliphatic rings. The Morgan fingerprint density at radius 3 is 2.90 bits per heavy atom. The van der Waals surface area contributed by atoms with E-state index in [2.05, 4.69) is 35.3 Å². The van der Waals surface area contributed by atoms with Crippen molar-refractivity contribution in [2.45, 2.75) is 6.54 Å². The average molecular weight is 289 g/mol. The van der Waals surface area contributed by atoms with Gasteiger partial charge in [0.2, 0.25) is 11.2 Å². The fourth-order valence-corrected chi connectivity index (χ4v) is 1.66. The van der Waals surface area contributed by atoms with Crippen LogP contribution in [0.1, 0.15) is 5.69 Å². The van der Waals surface area contributed by atoms with Crippen molar-refractivity contribution < 1.29 is 0 Å². The average Bonchev–Trinajstić information content (AvgIpc) is 3.00. The molecule has 3 aromatic heterocycles. The Hall–Kier alpha value is -2.61. The van der Waals surface area contributed by atoms with Crippen LogP contribution in [0.25, 0.3) is 5.95 Å². The number of hydrogen-bond donors (Lipinski definition) is 1. The van der Waals surface area contributed by atoms with Crippen LogP contribution in [-0.4, -0.2) is 34.7 Å². The molecule has 3 aromatic rings. The fraction of sp³-hybridized carbons (Fsp3) is 0.0909. The third-order valence-corrected chi connectivity index (χ3v) is 2.55. The van der Waals surface area contributed by atoms with E-state index in [-0.39, 0.29) is 5.28 Å². The molecule has 8 nitrogen and oxygen atoms in total. The lowest BCUT2D eigenvalue weighted by Gasteiger charge is -2.06. The number of nitrogens with zero attached hydrogens (tertiary/aromatic N) is 7. The molecule has 0 unspecified atom stereocenters. The number of hydrogen-bond acceptors (Lipinski definition) is 7. The molecule has 0 fully saturated rings. The molecule has 0 bridgehead atoms. The van der Waals surface area contributed by atoms with E-state index in [0.29, 0.717) is 18.4 Å². The van der Waals surface area contributed by atoms with E-state index in [4.69, 9.17) is 11.6 Å². The van der Waals surface area contributed by atoms with E-state index < -0.39 is 0 Å². The fourth-order valence-electron chi connectivity index (χ4n) is 1.50. The third kappa shape index (κ3) is 2.86. The van der Waals surface area contributed by atoms with Crippen LogP contribution in [0.2, 0.25) is 5.28 Å². The number of anilines is 1. The second kappa shape index (κ2) is 5.57. The van der Waals surface area contributed by atoms with E-state index in [1.807, 2.05) is 0 Å². The van der Waals surface area contributed by atoms with E-state index in [0.717, 1.165) is 5.69 Å². The zero-order valence-corrected chi connectivity index (χ0v) is 10.9. The quantitative estimate of drug-likeness (QED) is 0.768. The van der Waals surface area contributed by atoms with E-state index in [1.54, 1.807) is 30.7 Å². The largest absolute Gasteiger partial charge is 0.348 e. The van der Waals surface area contributed by atoms with E-state index in [1.165, 1.54) is 11.0 Å². The summed E-state index contributed by atoms with van der Waals surface area (Å²) in [6, 6.07) is 3.57. The summed E-state index contributed by atoms with van der Waals surface area (Å²) in [5.41, 5.74) is 0.817. The van der Waals surface area contributed by atoms with Gasteiger partial charge in [0.05, 0.1) is 12.2 Å². The minimum absolute atomic E-state index is 0.0932. The van der Waals surface area contributed by atoms with Crippen LogP contribution in [0.3, 0.4) is 0 Å². The highest BCUT2D eigenvalue weighted by atomic mass is 35.5. The Kier molecular flexibility index (Phi) is 3.46. The lowest BCUT2D eigenvalue weighted by molar-refractivity contribution is 0.794. The Morgan fingerprint density at radius 2 is 2.15 bits per heavy atom. The van der Waals surface area contributed by atoms with Crippen LogP contribution in [0.5, 0.6) is 0 Å². The van der Waals surface area contributed by atoms with Crippen LogP contribution >= 0.6 is 11.6 Å². The summed E-state index contributed by atoms with van der Waals surface area (Å²) in [7, 11) is 0. The summed E-state index contributed by atoms with van der Waals surface area (Å²) < 4.78 is 1.50. The van der Waals surface area contributed by atoms with Crippen molar-refractivity contribution in [3.63, 3.8) is 0 Å².